The van der Waals surface area contributed by atoms with Crippen LogP contribution in [0.4, 0.5) is 13.2 Å². The summed E-state index contributed by atoms with van der Waals surface area (Å²) in [6, 6.07) is 6.66. The van der Waals surface area contributed by atoms with Crippen LogP contribution in [0.15, 0.2) is 29.2 Å². The number of thioether (sulfide) groups is 1. The number of alkyl halides is 3. The highest BCUT2D eigenvalue weighted by atomic mass is 32.2. The lowest BCUT2D eigenvalue weighted by atomic mass is 10.1. The molecule has 84 valence electrons. The highest BCUT2D eigenvalue weighted by Gasteiger charge is 2.29. The molecule has 0 saturated carbocycles. The Morgan fingerprint density at radius 1 is 1.27 bits per heavy atom. The molecule has 0 nitrogen and oxygen atoms in total. The van der Waals surface area contributed by atoms with Gasteiger partial charge in [0.15, 0.2) is 0 Å². The third-order valence-corrected chi connectivity index (χ3v) is 2.67. The number of benzene rings is 1. The lowest BCUT2D eigenvalue weighted by molar-refractivity contribution is -0.0328. The Morgan fingerprint density at radius 3 is 2.60 bits per heavy atom. The van der Waals surface area contributed by atoms with Crippen molar-refractivity contribution in [2.24, 2.45) is 0 Å². The Labute approximate surface area is 91.9 Å². The van der Waals surface area contributed by atoms with Gasteiger partial charge < -0.3 is 0 Å². The van der Waals surface area contributed by atoms with E-state index in [-0.39, 0.29) is 16.7 Å². The molecule has 0 aromatic heterocycles. The second-order valence-electron chi connectivity index (χ2n) is 3.30. The van der Waals surface area contributed by atoms with E-state index in [4.69, 9.17) is 0 Å². The van der Waals surface area contributed by atoms with E-state index >= 15 is 0 Å². The van der Waals surface area contributed by atoms with Crippen molar-refractivity contribution < 1.29 is 13.2 Å². The number of unbranched alkanes of at least 4 members (excludes halogenated alkanes) is 1. The van der Waals surface area contributed by atoms with Crippen LogP contribution in [-0.4, -0.2) is 5.51 Å². The van der Waals surface area contributed by atoms with Crippen LogP contribution in [0.5, 0.6) is 0 Å². The zero-order valence-corrected chi connectivity index (χ0v) is 9.29. The molecule has 0 amide bonds. The van der Waals surface area contributed by atoms with Crippen molar-refractivity contribution in [2.45, 2.75) is 36.6 Å². The molecule has 0 aliphatic carbocycles. The van der Waals surface area contributed by atoms with Crippen molar-refractivity contribution >= 4 is 11.8 Å². The van der Waals surface area contributed by atoms with E-state index in [0.717, 1.165) is 24.8 Å². The molecule has 0 radical (unpaired) electrons. The predicted octanol–water partition coefficient (Wildman–Crippen LogP) is 4.64. The van der Waals surface area contributed by atoms with Crippen LogP contribution in [0, 0.1) is 0 Å². The fraction of sp³-hybridized carbons (Fsp3) is 0.455. The minimum Gasteiger partial charge on any atom is -0.160 e. The summed E-state index contributed by atoms with van der Waals surface area (Å²) in [6.07, 6.45) is 2.92. The maximum atomic E-state index is 12.1. The smallest absolute Gasteiger partial charge is 0.160 e. The highest BCUT2D eigenvalue weighted by molar-refractivity contribution is 8.00. The van der Waals surface area contributed by atoms with Gasteiger partial charge in [0.25, 0.3) is 0 Å². The van der Waals surface area contributed by atoms with E-state index in [0.29, 0.717) is 0 Å². The van der Waals surface area contributed by atoms with Gasteiger partial charge in [-0.25, -0.2) is 0 Å². The largest absolute Gasteiger partial charge is 0.446 e. The van der Waals surface area contributed by atoms with Crippen LogP contribution in [0.2, 0.25) is 0 Å². The number of aryl methyl sites for hydroxylation is 1. The molecule has 0 fully saturated rings. The molecular weight excluding hydrogens is 221 g/mol. The molecule has 0 N–H and O–H groups in total. The fourth-order valence-corrected chi connectivity index (χ4v) is 1.90. The molecule has 0 spiro atoms. The van der Waals surface area contributed by atoms with E-state index in [1.165, 1.54) is 6.07 Å². The van der Waals surface area contributed by atoms with Gasteiger partial charge in [-0.15, -0.1) is 0 Å². The molecule has 0 aliphatic rings. The van der Waals surface area contributed by atoms with Gasteiger partial charge in [-0.1, -0.05) is 25.5 Å². The Balaban J connectivity index is 2.66. The van der Waals surface area contributed by atoms with Crippen LogP contribution in [0.25, 0.3) is 0 Å². The lowest BCUT2D eigenvalue weighted by Crippen LogP contribution is -1.99. The first-order chi connectivity index (χ1) is 7.01. The molecule has 1 aromatic rings. The Morgan fingerprint density at radius 2 is 2.00 bits per heavy atom. The normalized spacial score (nSPS) is 11.7. The summed E-state index contributed by atoms with van der Waals surface area (Å²) >= 11 is -0.0516. The number of rotatable bonds is 4. The van der Waals surface area contributed by atoms with Crippen molar-refractivity contribution in [1.82, 2.24) is 0 Å². The van der Waals surface area contributed by atoms with Gasteiger partial charge in [0.2, 0.25) is 0 Å². The van der Waals surface area contributed by atoms with Crippen LogP contribution in [0.3, 0.4) is 0 Å². The molecule has 0 aliphatic heterocycles. The first kappa shape index (κ1) is 12.4. The summed E-state index contributed by atoms with van der Waals surface area (Å²) in [6.45, 7) is 2.06. The topological polar surface area (TPSA) is 0 Å². The van der Waals surface area contributed by atoms with E-state index in [1.807, 2.05) is 6.07 Å². The van der Waals surface area contributed by atoms with E-state index < -0.39 is 5.51 Å². The van der Waals surface area contributed by atoms with Gasteiger partial charge in [0, 0.05) is 4.90 Å². The Bertz CT molecular complexity index is 307. The quantitative estimate of drug-likeness (QED) is 0.684. The molecule has 0 saturated heterocycles. The summed E-state index contributed by atoms with van der Waals surface area (Å²) in [5.74, 6) is 0. The van der Waals surface area contributed by atoms with E-state index in [1.54, 1.807) is 12.1 Å². The van der Waals surface area contributed by atoms with Crippen molar-refractivity contribution in [1.29, 1.82) is 0 Å². The molecule has 1 rings (SSSR count). The van der Waals surface area contributed by atoms with Crippen LogP contribution < -0.4 is 0 Å². The second kappa shape index (κ2) is 5.45. The van der Waals surface area contributed by atoms with Gasteiger partial charge in [0.1, 0.15) is 0 Å². The third-order valence-electron chi connectivity index (χ3n) is 1.95. The average molecular weight is 234 g/mol. The molecule has 1 aromatic carbocycles. The molecule has 0 heterocycles. The zero-order valence-electron chi connectivity index (χ0n) is 8.47. The third kappa shape index (κ3) is 5.11. The van der Waals surface area contributed by atoms with E-state index in [9.17, 15) is 13.2 Å². The van der Waals surface area contributed by atoms with Crippen LogP contribution in [-0.2, 0) is 6.42 Å². The Kier molecular flexibility index (Phi) is 4.51. The van der Waals surface area contributed by atoms with Gasteiger partial charge in [-0.05, 0) is 42.3 Å². The maximum Gasteiger partial charge on any atom is 0.446 e. The zero-order chi connectivity index (χ0) is 11.3. The van der Waals surface area contributed by atoms with Gasteiger partial charge in [-0.2, -0.15) is 13.2 Å². The summed E-state index contributed by atoms with van der Waals surface area (Å²) in [5.41, 5.74) is -3.21. The molecule has 0 bridgehead atoms. The average Bonchev–Trinajstić information content (AvgIpc) is 2.12. The first-order valence-corrected chi connectivity index (χ1v) is 5.67. The summed E-state index contributed by atoms with van der Waals surface area (Å²) in [4.78, 5) is 0.274. The summed E-state index contributed by atoms with van der Waals surface area (Å²) in [5, 5.41) is 0. The maximum absolute atomic E-state index is 12.1. The summed E-state index contributed by atoms with van der Waals surface area (Å²) < 4.78 is 36.3. The number of hydrogen-bond acceptors (Lipinski definition) is 1. The van der Waals surface area contributed by atoms with Crippen molar-refractivity contribution in [3.63, 3.8) is 0 Å². The molecule has 0 unspecified atom stereocenters. The predicted molar refractivity (Wildman–Crippen MR) is 57.0 cm³/mol. The van der Waals surface area contributed by atoms with Crippen LogP contribution in [0.1, 0.15) is 25.3 Å². The lowest BCUT2D eigenvalue weighted by Gasteiger charge is -2.07. The van der Waals surface area contributed by atoms with Crippen molar-refractivity contribution in [3.05, 3.63) is 29.8 Å². The minimum absolute atomic E-state index is 0.0516. The molecule has 15 heavy (non-hydrogen) atoms. The second-order valence-corrected chi connectivity index (χ2v) is 4.44. The minimum atomic E-state index is -4.19. The standard InChI is InChI=1S/C11H13F3S/c1-2-3-5-9-6-4-7-10(8-9)15-11(12,13)14/h4,6-8H,2-3,5H2,1H3. The van der Waals surface area contributed by atoms with Crippen LogP contribution >= 0.6 is 11.8 Å². The molecule has 4 heteroatoms. The molecule has 0 atom stereocenters. The van der Waals surface area contributed by atoms with Gasteiger partial charge >= 0.3 is 5.51 Å². The first-order valence-electron chi connectivity index (χ1n) is 4.86. The Hall–Kier alpha value is -0.640. The van der Waals surface area contributed by atoms with Crippen molar-refractivity contribution in [3.8, 4) is 0 Å². The summed E-state index contributed by atoms with van der Waals surface area (Å²) in [7, 11) is 0. The fourth-order valence-electron chi connectivity index (χ4n) is 1.28. The SMILES string of the molecule is CCCCc1cccc(SC(F)(F)F)c1. The van der Waals surface area contributed by atoms with Crippen molar-refractivity contribution in [2.75, 3.05) is 0 Å². The van der Waals surface area contributed by atoms with Gasteiger partial charge in [0.05, 0.1) is 0 Å². The van der Waals surface area contributed by atoms with E-state index in [2.05, 4.69) is 6.92 Å². The number of halogens is 3. The number of hydrogen-bond donors (Lipinski definition) is 0. The molecular formula is C11H13F3S. The van der Waals surface area contributed by atoms with Gasteiger partial charge in [-0.3, -0.25) is 0 Å². The monoisotopic (exact) mass is 234 g/mol. The highest BCUT2D eigenvalue weighted by Crippen LogP contribution is 2.36.